The highest BCUT2D eigenvalue weighted by Crippen LogP contribution is 2.30. The van der Waals surface area contributed by atoms with Crippen molar-refractivity contribution in [3.8, 4) is 0 Å². The molecule has 3 atom stereocenters. The number of rotatable bonds is 7. The second kappa shape index (κ2) is 9.37. The van der Waals surface area contributed by atoms with Crippen molar-refractivity contribution in [3.63, 3.8) is 0 Å². The molecule has 1 heterocycles. The lowest BCUT2D eigenvalue weighted by Crippen LogP contribution is -2.44. The van der Waals surface area contributed by atoms with E-state index in [1.54, 1.807) is 0 Å². The lowest BCUT2D eigenvalue weighted by molar-refractivity contribution is -0.121. The van der Waals surface area contributed by atoms with Crippen molar-refractivity contribution in [2.24, 2.45) is 5.92 Å². The molecule has 2 aromatic rings. The Morgan fingerprint density at radius 2 is 2.04 bits per heavy atom. The van der Waals surface area contributed by atoms with E-state index in [0.717, 1.165) is 22.4 Å². The van der Waals surface area contributed by atoms with Gasteiger partial charge in [0.05, 0.1) is 5.25 Å². The monoisotopic (exact) mass is 390 g/mol. The number of hydrogen-bond acceptors (Lipinski definition) is 6. The van der Waals surface area contributed by atoms with Gasteiger partial charge in [0, 0.05) is 12.6 Å². The van der Waals surface area contributed by atoms with Crippen LogP contribution >= 0.6 is 23.1 Å². The third kappa shape index (κ3) is 5.45. The summed E-state index contributed by atoms with van der Waals surface area (Å²) in [7, 11) is 0. The van der Waals surface area contributed by atoms with E-state index in [-0.39, 0.29) is 11.2 Å². The SMILES string of the molecule is C[C@@H](Sc1nnc(NCc2ccccc2)s1)C(=O)N[C@@H]1CCCC[C@@H]1C. The molecule has 0 spiro atoms. The first kappa shape index (κ1) is 19.2. The second-order valence-electron chi connectivity index (χ2n) is 6.85. The zero-order valence-electron chi connectivity index (χ0n) is 15.3. The molecule has 0 bridgehead atoms. The van der Waals surface area contributed by atoms with Gasteiger partial charge in [0.1, 0.15) is 0 Å². The van der Waals surface area contributed by atoms with E-state index in [0.29, 0.717) is 12.0 Å². The first-order valence-electron chi connectivity index (χ1n) is 9.20. The average molecular weight is 391 g/mol. The van der Waals surface area contributed by atoms with Gasteiger partial charge in [-0.25, -0.2) is 0 Å². The van der Waals surface area contributed by atoms with Crippen LogP contribution in [0.3, 0.4) is 0 Å². The fourth-order valence-electron chi connectivity index (χ4n) is 3.14. The molecule has 0 unspecified atom stereocenters. The topological polar surface area (TPSA) is 66.9 Å². The van der Waals surface area contributed by atoms with Crippen molar-refractivity contribution in [3.05, 3.63) is 35.9 Å². The van der Waals surface area contributed by atoms with Gasteiger partial charge in [-0.2, -0.15) is 0 Å². The minimum Gasteiger partial charge on any atom is -0.356 e. The van der Waals surface area contributed by atoms with E-state index >= 15 is 0 Å². The van der Waals surface area contributed by atoms with Crippen LogP contribution in [0.1, 0.15) is 45.1 Å². The number of amides is 1. The van der Waals surface area contributed by atoms with Crippen LogP contribution in [0.2, 0.25) is 0 Å². The van der Waals surface area contributed by atoms with Crippen LogP contribution < -0.4 is 10.6 Å². The van der Waals surface area contributed by atoms with Crippen molar-refractivity contribution >= 4 is 34.1 Å². The normalized spacial score (nSPS) is 21.2. The molecule has 7 heteroatoms. The fourth-order valence-corrected chi connectivity index (χ4v) is 5.04. The summed E-state index contributed by atoms with van der Waals surface area (Å²) < 4.78 is 0.819. The van der Waals surface area contributed by atoms with Crippen molar-refractivity contribution in [1.82, 2.24) is 15.5 Å². The third-order valence-electron chi connectivity index (χ3n) is 4.78. The molecule has 1 fully saturated rings. The number of aromatic nitrogens is 2. The Bertz CT molecular complexity index is 707. The van der Waals surface area contributed by atoms with Gasteiger partial charge in [-0.1, -0.05) is 73.2 Å². The molecular formula is C19H26N4OS2. The minimum absolute atomic E-state index is 0.0998. The molecule has 1 saturated carbocycles. The molecule has 1 aliphatic carbocycles. The highest BCUT2D eigenvalue weighted by atomic mass is 32.2. The molecule has 1 aromatic heterocycles. The quantitative estimate of drug-likeness (QED) is 0.689. The maximum atomic E-state index is 12.5. The van der Waals surface area contributed by atoms with E-state index in [1.165, 1.54) is 47.9 Å². The number of hydrogen-bond donors (Lipinski definition) is 2. The molecular weight excluding hydrogens is 364 g/mol. The van der Waals surface area contributed by atoms with E-state index in [1.807, 2.05) is 25.1 Å². The number of nitrogens with one attached hydrogen (secondary N) is 2. The molecule has 0 radical (unpaired) electrons. The Balaban J connectivity index is 1.47. The molecule has 26 heavy (non-hydrogen) atoms. The number of carbonyl (C=O) groups is 1. The van der Waals surface area contributed by atoms with E-state index in [2.05, 4.69) is 39.9 Å². The number of nitrogens with zero attached hydrogens (tertiary/aromatic N) is 2. The molecule has 1 amide bonds. The van der Waals surface area contributed by atoms with Crippen molar-refractivity contribution in [2.45, 2.75) is 61.7 Å². The lowest BCUT2D eigenvalue weighted by Gasteiger charge is -2.30. The van der Waals surface area contributed by atoms with E-state index < -0.39 is 0 Å². The summed E-state index contributed by atoms with van der Waals surface area (Å²) in [6.07, 6.45) is 4.79. The maximum absolute atomic E-state index is 12.5. The van der Waals surface area contributed by atoms with E-state index in [9.17, 15) is 4.79 Å². The Morgan fingerprint density at radius 1 is 1.27 bits per heavy atom. The molecule has 3 rings (SSSR count). The molecule has 0 aliphatic heterocycles. The van der Waals surface area contributed by atoms with Crippen LogP contribution in [-0.4, -0.2) is 27.4 Å². The van der Waals surface area contributed by atoms with Crippen LogP contribution in [0, 0.1) is 5.92 Å². The molecule has 140 valence electrons. The summed E-state index contributed by atoms with van der Waals surface area (Å²) in [4.78, 5) is 12.5. The third-order valence-corrected chi connectivity index (χ3v) is 6.84. The van der Waals surface area contributed by atoms with Crippen LogP contribution in [0.5, 0.6) is 0 Å². The molecule has 2 N–H and O–H groups in total. The summed E-state index contributed by atoms with van der Waals surface area (Å²) >= 11 is 2.97. The summed E-state index contributed by atoms with van der Waals surface area (Å²) in [5.41, 5.74) is 1.20. The van der Waals surface area contributed by atoms with Crippen LogP contribution in [-0.2, 0) is 11.3 Å². The Labute approximate surface area is 163 Å². The predicted molar refractivity (Wildman–Crippen MR) is 109 cm³/mol. The smallest absolute Gasteiger partial charge is 0.233 e. The maximum Gasteiger partial charge on any atom is 0.233 e. The van der Waals surface area contributed by atoms with Gasteiger partial charge in [-0.3, -0.25) is 4.79 Å². The van der Waals surface area contributed by atoms with Gasteiger partial charge in [0.25, 0.3) is 0 Å². The zero-order chi connectivity index (χ0) is 18.4. The van der Waals surface area contributed by atoms with Crippen LogP contribution in [0.25, 0.3) is 0 Å². The Kier molecular flexibility index (Phi) is 6.91. The predicted octanol–water partition coefficient (Wildman–Crippen LogP) is 4.33. The largest absolute Gasteiger partial charge is 0.356 e. The Hall–Kier alpha value is -1.60. The summed E-state index contributed by atoms with van der Waals surface area (Å²) in [6.45, 7) is 4.89. The standard InChI is InChI=1S/C19H26N4OS2/c1-13-8-6-7-11-16(13)21-17(24)14(2)25-19-23-22-18(26-19)20-12-15-9-4-3-5-10-15/h3-5,9-10,13-14,16H,6-8,11-12H2,1-2H3,(H,20,22)(H,21,24)/t13-,14+,16+/m0/s1. The Morgan fingerprint density at radius 3 is 2.81 bits per heavy atom. The highest BCUT2D eigenvalue weighted by Gasteiger charge is 2.25. The van der Waals surface area contributed by atoms with Crippen LogP contribution in [0.4, 0.5) is 5.13 Å². The number of anilines is 1. The average Bonchev–Trinajstić information content (AvgIpc) is 3.10. The molecule has 5 nitrogen and oxygen atoms in total. The summed E-state index contributed by atoms with van der Waals surface area (Å²) in [6, 6.07) is 10.5. The highest BCUT2D eigenvalue weighted by molar-refractivity contribution is 8.02. The summed E-state index contributed by atoms with van der Waals surface area (Å²) in [5.74, 6) is 0.669. The number of carbonyl (C=O) groups excluding carboxylic acids is 1. The number of benzene rings is 1. The van der Waals surface area contributed by atoms with Gasteiger partial charge < -0.3 is 10.6 Å². The van der Waals surface area contributed by atoms with Gasteiger partial charge in [0.15, 0.2) is 4.34 Å². The van der Waals surface area contributed by atoms with E-state index in [4.69, 9.17) is 0 Å². The second-order valence-corrected chi connectivity index (χ2v) is 9.41. The zero-order valence-corrected chi connectivity index (χ0v) is 16.9. The van der Waals surface area contributed by atoms with Gasteiger partial charge in [-0.05, 0) is 31.2 Å². The summed E-state index contributed by atoms with van der Waals surface area (Å²) in [5, 5.41) is 15.5. The fraction of sp³-hybridized carbons (Fsp3) is 0.526. The lowest BCUT2D eigenvalue weighted by atomic mass is 9.86. The first-order valence-corrected chi connectivity index (χ1v) is 10.9. The number of thioether (sulfide) groups is 1. The molecule has 1 aromatic carbocycles. The van der Waals surface area contributed by atoms with Crippen molar-refractivity contribution in [1.29, 1.82) is 0 Å². The van der Waals surface area contributed by atoms with Crippen LogP contribution in [0.15, 0.2) is 34.7 Å². The van der Waals surface area contributed by atoms with Crippen molar-refractivity contribution < 1.29 is 4.79 Å². The van der Waals surface area contributed by atoms with Crippen molar-refractivity contribution in [2.75, 3.05) is 5.32 Å². The van der Waals surface area contributed by atoms with Gasteiger partial charge in [-0.15, -0.1) is 10.2 Å². The minimum atomic E-state index is -0.168. The van der Waals surface area contributed by atoms with Gasteiger partial charge >= 0.3 is 0 Å². The molecule has 0 saturated heterocycles. The first-order chi connectivity index (χ1) is 12.6. The van der Waals surface area contributed by atoms with Gasteiger partial charge in [0.2, 0.25) is 11.0 Å². The molecule has 1 aliphatic rings.